The van der Waals surface area contributed by atoms with Crippen LogP contribution < -0.4 is 15.2 Å². The molecule has 5 heteroatoms. The van der Waals surface area contributed by atoms with Crippen LogP contribution in [0.25, 0.3) is 0 Å². The van der Waals surface area contributed by atoms with Crippen molar-refractivity contribution in [2.45, 2.75) is 19.3 Å². The molecule has 2 N–H and O–H groups in total. The van der Waals surface area contributed by atoms with Gasteiger partial charge in [-0.3, -0.25) is 9.69 Å². The fraction of sp³-hybridized carbons (Fsp3) is 0.333. The van der Waals surface area contributed by atoms with Gasteiger partial charge in [-0.25, -0.2) is 9.37 Å². The van der Waals surface area contributed by atoms with Crippen molar-refractivity contribution in [1.29, 1.82) is 0 Å². The standard InChI is InChI=1S/C18H20FN3O/c19-15-7-5-14(6-8-15)9-11-21-18(23)16-4-3-10-20-17(16)22-12-1-2-13-22/h3-8,10H,1-2,9,11-13H2,(H,21,23)/p+1. The molecule has 1 aliphatic rings. The van der Waals surface area contributed by atoms with E-state index in [9.17, 15) is 9.18 Å². The number of rotatable bonds is 5. The molecule has 0 unspecified atom stereocenters. The molecule has 1 aromatic heterocycles. The third-order valence-corrected chi connectivity index (χ3v) is 4.11. The van der Waals surface area contributed by atoms with Crippen LogP contribution in [0.2, 0.25) is 0 Å². The van der Waals surface area contributed by atoms with E-state index in [1.54, 1.807) is 12.1 Å². The number of nitrogens with zero attached hydrogens (tertiary/aromatic N) is 1. The fourth-order valence-corrected chi connectivity index (χ4v) is 2.88. The van der Waals surface area contributed by atoms with Gasteiger partial charge in [0.2, 0.25) is 0 Å². The topological polar surface area (TPSA) is 46.5 Å². The summed E-state index contributed by atoms with van der Waals surface area (Å²) in [4.78, 5) is 17.9. The molecule has 1 amide bonds. The predicted molar refractivity (Wildman–Crippen MR) is 86.9 cm³/mol. The normalized spacial score (nSPS) is 14.0. The van der Waals surface area contributed by atoms with Gasteiger partial charge in [-0.05, 0) is 49.1 Å². The summed E-state index contributed by atoms with van der Waals surface area (Å²) in [5.74, 6) is 0.572. The number of aromatic nitrogens is 1. The van der Waals surface area contributed by atoms with Crippen molar-refractivity contribution in [3.8, 4) is 0 Å². The van der Waals surface area contributed by atoms with Crippen LogP contribution in [0.1, 0.15) is 28.8 Å². The van der Waals surface area contributed by atoms with E-state index in [0.29, 0.717) is 18.5 Å². The molecule has 0 bridgehead atoms. The minimum absolute atomic E-state index is 0.0779. The predicted octanol–water partition coefficient (Wildman–Crippen LogP) is 2.21. The van der Waals surface area contributed by atoms with Crippen molar-refractivity contribution in [1.82, 2.24) is 5.32 Å². The molecule has 1 aliphatic heterocycles. The highest BCUT2D eigenvalue weighted by atomic mass is 19.1. The zero-order chi connectivity index (χ0) is 16.1. The highest BCUT2D eigenvalue weighted by molar-refractivity contribution is 5.98. The molecule has 2 heterocycles. The summed E-state index contributed by atoms with van der Waals surface area (Å²) in [5.41, 5.74) is 1.68. The summed E-state index contributed by atoms with van der Waals surface area (Å²) in [6.45, 7) is 2.49. The number of nitrogens with one attached hydrogen (secondary N) is 2. The number of carbonyl (C=O) groups is 1. The summed E-state index contributed by atoms with van der Waals surface area (Å²) in [6, 6.07) is 10.1. The number of aromatic amines is 1. The van der Waals surface area contributed by atoms with Crippen LogP contribution in [0.4, 0.5) is 10.2 Å². The van der Waals surface area contributed by atoms with E-state index in [-0.39, 0.29) is 11.7 Å². The molecular formula is C18H21FN3O+. The fourth-order valence-electron chi connectivity index (χ4n) is 2.88. The first-order valence-electron chi connectivity index (χ1n) is 8.02. The Morgan fingerprint density at radius 1 is 1.17 bits per heavy atom. The zero-order valence-corrected chi connectivity index (χ0v) is 13.0. The lowest BCUT2D eigenvalue weighted by Gasteiger charge is -2.12. The molecule has 0 aliphatic carbocycles. The summed E-state index contributed by atoms with van der Waals surface area (Å²) in [7, 11) is 0. The molecule has 0 radical (unpaired) electrons. The van der Waals surface area contributed by atoms with Crippen molar-refractivity contribution in [3.05, 3.63) is 59.5 Å². The minimum atomic E-state index is -0.243. The van der Waals surface area contributed by atoms with Crippen LogP contribution in [0, 0.1) is 5.82 Å². The van der Waals surface area contributed by atoms with E-state index in [1.165, 1.54) is 12.1 Å². The Kier molecular flexibility index (Phi) is 4.86. The number of pyridine rings is 1. The molecule has 1 aromatic carbocycles. The van der Waals surface area contributed by atoms with E-state index in [1.807, 2.05) is 18.3 Å². The molecule has 0 saturated carbocycles. The van der Waals surface area contributed by atoms with Crippen LogP contribution in [0.3, 0.4) is 0 Å². The van der Waals surface area contributed by atoms with Gasteiger partial charge in [-0.2, -0.15) is 0 Å². The Labute approximate surface area is 135 Å². The average molecular weight is 314 g/mol. The highest BCUT2D eigenvalue weighted by Crippen LogP contribution is 2.19. The van der Waals surface area contributed by atoms with Crippen molar-refractivity contribution in [3.63, 3.8) is 0 Å². The van der Waals surface area contributed by atoms with Gasteiger partial charge in [0.25, 0.3) is 11.7 Å². The zero-order valence-electron chi connectivity index (χ0n) is 13.0. The third kappa shape index (κ3) is 3.86. The number of halogens is 1. The molecule has 1 saturated heterocycles. The molecule has 0 spiro atoms. The largest absolute Gasteiger partial charge is 0.351 e. The van der Waals surface area contributed by atoms with Gasteiger partial charge in [-0.15, -0.1) is 0 Å². The van der Waals surface area contributed by atoms with Crippen LogP contribution in [0.15, 0.2) is 42.6 Å². The maximum absolute atomic E-state index is 12.9. The Morgan fingerprint density at radius 2 is 1.91 bits per heavy atom. The van der Waals surface area contributed by atoms with Gasteiger partial charge in [0.1, 0.15) is 11.4 Å². The third-order valence-electron chi connectivity index (χ3n) is 4.11. The molecular weight excluding hydrogens is 293 g/mol. The Balaban J connectivity index is 1.61. The molecule has 3 rings (SSSR count). The van der Waals surface area contributed by atoms with Crippen molar-refractivity contribution in [2.24, 2.45) is 0 Å². The first kappa shape index (κ1) is 15.5. The maximum Gasteiger partial charge on any atom is 0.287 e. The van der Waals surface area contributed by atoms with E-state index in [0.717, 1.165) is 37.3 Å². The minimum Gasteiger partial charge on any atom is -0.351 e. The van der Waals surface area contributed by atoms with Crippen molar-refractivity contribution < 1.29 is 14.2 Å². The second-order valence-electron chi connectivity index (χ2n) is 5.76. The molecule has 2 aromatic rings. The molecule has 0 atom stereocenters. The quantitative estimate of drug-likeness (QED) is 0.920. The smallest absolute Gasteiger partial charge is 0.287 e. The number of hydrogen-bond donors (Lipinski definition) is 1. The van der Waals surface area contributed by atoms with E-state index in [2.05, 4.69) is 15.2 Å². The van der Waals surface area contributed by atoms with E-state index in [4.69, 9.17) is 0 Å². The van der Waals surface area contributed by atoms with E-state index < -0.39 is 0 Å². The van der Waals surface area contributed by atoms with Gasteiger partial charge in [0.05, 0.1) is 19.3 Å². The summed E-state index contributed by atoms with van der Waals surface area (Å²) < 4.78 is 12.9. The van der Waals surface area contributed by atoms with Gasteiger partial charge in [0.15, 0.2) is 0 Å². The second-order valence-corrected chi connectivity index (χ2v) is 5.76. The van der Waals surface area contributed by atoms with Gasteiger partial charge in [-0.1, -0.05) is 12.1 Å². The van der Waals surface area contributed by atoms with Gasteiger partial charge < -0.3 is 5.32 Å². The number of benzene rings is 1. The monoisotopic (exact) mass is 314 g/mol. The summed E-state index contributed by atoms with van der Waals surface area (Å²) in [6.07, 6.45) is 4.85. The number of amides is 1. The summed E-state index contributed by atoms with van der Waals surface area (Å²) in [5, 5.41) is 2.95. The highest BCUT2D eigenvalue weighted by Gasteiger charge is 2.26. The lowest BCUT2D eigenvalue weighted by Crippen LogP contribution is -2.32. The first-order chi connectivity index (χ1) is 11.2. The lowest BCUT2D eigenvalue weighted by molar-refractivity contribution is -0.364. The van der Waals surface area contributed by atoms with Crippen molar-refractivity contribution >= 4 is 11.7 Å². The SMILES string of the molecule is O=C(NCCc1ccc(F)cc1)c1ccc[nH+]c1N1CCCC1. The maximum atomic E-state index is 12.9. The van der Waals surface area contributed by atoms with Gasteiger partial charge in [0, 0.05) is 6.54 Å². The molecule has 4 nitrogen and oxygen atoms in total. The number of anilines is 1. The number of carbonyl (C=O) groups excluding carboxylic acids is 1. The number of hydrogen-bond acceptors (Lipinski definition) is 2. The van der Waals surface area contributed by atoms with Gasteiger partial charge >= 0.3 is 0 Å². The molecule has 120 valence electrons. The van der Waals surface area contributed by atoms with Crippen molar-refractivity contribution in [2.75, 3.05) is 24.5 Å². The Morgan fingerprint density at radius 3 is 2.65 bits per heavy atom. The average Bonchev–Trinajstić information content (AvgIpc) is 3.11. The first-order valence-corrected chi connectivity index (χ1v) is 8.02. The molecule has 1 fully saturated rings. The van der Waals surface area contributed by atoms with Crippen LogP contribution >= 0.6 is 0 Å². The summed E-state index contributed by atoms with van der Waals surface area (Å²) >= 11 is 0. The van der Waals surface area contributed by atoms with Crippen LogP contribution in [-0.4, -0.2) is 25.5 Å². The second kappa shape index (κ2) is 7.22. The van der Waals surface area contributed by atoms with Crippen LogP contribution in [-0.2, 0) is 6.42 Å². The van der Waals surface area contributed by atoms with E-state index >= 15 is 0 Å². The molecule has 23 heavy (non-hydrogen) atoms. The van der Waals surface area contributed by atoms with Crippen LogP contribution in [0.5, 0.6) is 0 Å². The lowest BCUT2D eigenvalue weighted by atomic mass is 10.1. The Bertz CT molecular complexity index is 666. The Hall–Kier alpha value is -2.43. The number of H-pyrrole nitrogens is 1.